The van der Waals surface area contributed by atoms with Crippen LogP contribution in [0.25, 0.3) is 32.5 Å². The summed E-state index contributed by atoms with van der Waals surface area (Å²) in [6.07, 6.45) is 3.38. The molecule has 0 fully saturated rings. The number of pyridine rings is 1. The minimum atomic E-state index is 0.0349. The molecule has 0 aliphatic heterocycles. The van der Waals surface area contributed by atoms with E-state index >= 15 is 0 Å². The highest BCUT2D eigenvalue weighted by Crippen LogP contribution is 2.42. The van der Waals surface area contributed by atoms with Gasteiger partial charge in [0.2, 0.25) is 0 Å². The number of halogens is 2. The van der Waals surface area contributed by atoms with Crippen molar-refractivity contribution in [3.05, 3.63) is 64.2 Å². The number of aromatic nitrogens is 4. The van der Waals surface area contributed by atoms with Gasteiger partial charge in [-0.1, -0.05) is 23.2 Å². The van der Waals surface area contributed by atoms with Gasteiger partial charge < -0.3 is 4.98 Å². The van der Waals surface area contributed by atoms with Crippen molar-refractivity contribution in [3.8, 4) is 38.6 Å². The number of nitrogens with zero attached hydrogens (tertiary/aromatic N) is 4. The number of ketones is 1. The molecule has 0 saturated heterocycles. The van der Waals surface area contributed by atoms with Gasteiger partial charge in [0.15, 0.2) is 5.82 Å². The Morgan fingerprint density at radius 1 is 1.23 bits per heavy atom. The number of nitrogens with one attached hydrogen (secondary N) is 1. The zero-order valence-electron chi connectivity index (χ0n) is 15.6. The molecule has 0 unspecified atom stereocenters. The molecule has 0 amide bonds. The molecule has 4 rings (SSSR count). The molecule has 1 aromatic carbocycles. The van der Waals surface area contributed by atoms with Crippen molar-refractivity contribution in [2.45, 2.75) is 13.3 Å². The van der Waals surface area contributed by atoms with Crippen molar-refractivity contribution in [2.75, 3.05) is 0 Å². The van der Waals surface area contributed by atoms with Crippen molar-refractivity contribution in [1.29, 1.82) is 5.26 Å². The Morgan fingerprint density at radius 3 is 2.77 bits per heavy atom. The number of rotatable bonds is 5. The molecule has 0 radical (unpaired) electrons. The SMILES string of the molecule is CC(=O)Cc1cc(-c2nc(-c3ccc(Cl)cc3Cl)c(-c3ncc(C#N)[nH]3)s2)ccn1. The van der Waals surface area contributed by atoms with Gasteiger partial charge in [-0.25, -0.2) is 9.97 Å². The van der Waals surface area contributed by atoms with Crippen LogP contribution in [0.15, 0.2) is 42.7 Å². The van der Waals surface area contributed by atoms with Gasteiger partial charge in [-0.3, -0.25) is 9.78 Å². The lowest BCUT2D eigenvalue weighted by molar-refractivity contribution is -0.116. The van der Waals surface area contributed by atoms with E-state index in [-0.39, 0.29) is 12.2 Å². The molecule has 0 aliphatic rings. The van der Waals surface area contributed by atoms with Gasteiger partial charge in [0.25, 0.3) is 0 Å². The third-order valence-electron chi connectivity index (χ3n) is 4.22. The van der Waals surface area contributed by atoms with Crippen LogP contribution in [0.5, 0.6) is 0 Å². The van der Waals surface area contributed by atoms with E-state index in [1.807, 2.05) is 18.2 Å². The number of aromatic amines is 1. The van der Waals surface area contributed by atoms with Crippen LogP contribution < -0.4 is 0 Å². The lowest BCUT2D eigenvalue weighted by Gasteiger charge is -2.04. The largest absolute Gasteiger partial charge is 0.329 e. The van der Waals surface area contributed by atoms with Crippen LogP contribution >= 0.6 is 34.5 Å². The third kappa shape index (κ3) is 4.12. The van der Waals surface area contributed by atoms with Gasteiger partial charge in [-0.2, -0.15) is 5.26 Å². The highest BCUT2D eigenvalue weighted by atomic mass is 35.5. The van der Waals surface area contributed by atoms with Crippen LogP contribution in [-0.4, -0.2) is 25.7 Å². The van der Waals surface area contributed by atoms with Crippen LogP contribution in [0.3, 0.4) is 0 Å². The summed E-state index contributed by atoms with van der Waals surface area (Å²) in [5.74, 6) is 0.557. The van der Waals surface area contributed by atoms with Gasteiger partial charge in [0.1, 0.15) is 22.6 Å². The predicted octanol–water partition coefficient (Wildman–Crippen LogP) is 5.57. The van der Waals surface area contributed by atoms with Gasteiger partial charge in [0, 0.05) is 34.5 Å². The second-order valence-electron chi connectivity index (χ2n) is 6.49. The van der Waals surface area contributed by atoms with E-state index in [4.69, 9.17) is 33.4 Å². The normalized spacial score (nSPS) is 10.7. The number of hydrogen-bond acceptors (Lipinski definition) is 6. The number of H-pyrrole nitrogens is 1. The molecule has 0 bridgehead atoms. The maximum absolute atomic E-state index is 11.5. The van der Waals surface area contributed by atoms with Gasteiger partial charge in [-0.15, -0.1) is 11.3 Å². The fourth-order valence-electron chi connectivity index (χ4n) is 2.92. The van der Waals surface area contributed by atoms with Crippen LogP contribution in [-0.2, 0) is 11.2 Å². The minimum absolute atomic E-state index is 0.0349. The maximum atomic E-state index is 11.5. The summed E-state index contributed by atoms with van der Waals surface area (Å²) in [6.45, 7) is 1.53. The number of benzene rings is 1. The van der Waals surface area contributed by atoms with Crippen LogP contribution in [0.4, 0.5) is 0 Å². The van der Waals surface area contributed by atoms with E-state index in [0.717, 1.165) is 10.4 Å². The van der Waals surface area contributed by atoms with Crippen molar-refractivity contribution >= 4 is 40.3 Å². The molecule has 3 aromatic heterocycles. The topological polar surface area (TPSA) is 95.3 Å². The first kappa shape index (κ1) is 20.2. The molecular formula is C21H13Cl2N5OS. The zero-order chi connectivity index (χ0) is 21.3. The van der Waals surface area contributed by atoms with E-state index in [0.29, 0.717) is 43.5 Å². The Hall–Kier alpha value is -3.05. The quantitative estimate of drug-likeness (QED) is 0.425. The Bertz CT molecular complexity index is 1300. The average Bonchev–Trinajstić information content (AvgIpc) is 3.34. The number of carbonyl (C=O) groups excluding carboxylic acids is 1. The highest BCUT2D eigenvalue weighted by molar-refractivity contribution is 7.18. The first-order chi connectivity index (χ1) is 14.4. The first-order valence-electron chi connectivity index (χ1n) is 8.81. The summed E-state index contributed by atoms with van der Waals surface area (Å²) in [4.78, 5) is 28.6. The van der Waals surface area contributed by atoms with Crippen molar-refractivity contribution in [3.63, 3.8) is 0 Å². The van der Waals surface area contributed by atoms with Gasteiger partial charge in [-0.05, 0) is 37.3 Å². The highest BCUT2D eigenvalue weighted by Gasteiger charge is 2.20. The van der Waals surface area contributed by atoms with E-state index in [1.165, 1.54) is 24.5 Å². The number of carbonyl (C=O) groups is 1. The zero-order valence-corrected chi connectivity index (χ0v) is 17.9. The summed E-state index contributed by atoms with van der Waals surface area (Å²) >= 11 is 13.9. The molecule has 6 nitrogen and oxygen atoms in total. The molecular weight excluding hydrogens is 441 g/mol. The summed E-state index contributed by atoms with van der Waals surface area (Å²) in [5, 5.41) is 10.8. The Kier molecular flexibility index (Phi) is 5.64. The monoisotopic (exact) mass is 453 g/mol. The second kappa shape index (κ2) is 8.36. The maximum Gasteiger partial charge on any atom is 0.150 e. The van der Waals surface area contributed by atoms with Crippen LogP contribution in [0.2, 0.25) is 10.0 Å². The smallest absolute Gasteiger partial charge is 0.150 e. The Balaban J connectivity index is 1.88. The molecule has 0 spiro atoms. The second-order valence-corrected chi connectivity index (χ2v) is 8.34. The van der Waals surface area contributed by atoms with Crippen molar-refractivity contribution < 1.29 is 4.79 Å². The summed E-state index contributed by atoms with van der Waals surface area (Å²) in [6, 6.07) is 10.9. The first-order valence-corrected chi connectivity index (χ1v) is 10.4. The van der Waals surface area contributed by atoms with Crippen LogP contribution in [0.1, 0.15) is 18.3 Å². The number of nitriles is 1. The van der Waals surface area contributed by atoms with E-state index in [2.05, 4.69) is 15.0 Å². The average molecular weight is 454 g/mol. The standard InChI is InChI=1S/C21H13Cl2N5OS/c1-11(29)6-14-7-12(4-5-25-14)21-28-18(16-3-2-13(22)8-17(16)23)19(30-21)20-26-10-15(9-24)27-20/h2-5,7-8,10H,6H2,1H3,(H,26,27). The lowest BCUT2D eigenvalue weighted by atomic mass is 10.1. The summed E-state index contributed by atoms with van der Waals surface area (Å²) in [5.41, 5.74) is 3.18. The molecule has 0 atom stereocenters. The lowest BCUT2D eigenvalue weighted by Crippen LogP contribution is -1.98. The number of imidazole rings is 1. The van der Waals surface area contributed by atoms with E-state index < -0.39 is 0 Å². The molecule has 0 saturated carbocycles. The molecule has 148 valence electrons. The Morgan fingerprint density at radius 2 is 2.07 bits per heavy atom. The molecule has 9 heteroatoms. The number of thiazole rings is 1. The molecule has 3 heterocycles. The van der Waals surface area contributed by atoms with Crippen LogP contribution in [0, 0.1) is 11.3 Å². The number of hydrogen-bond donors (Lipinski definition) is 1. The molecule has 30 heavy (non-hydrogen) atoms. The molecule has 0 aliphatic carbocycles. The summed E-state index contributed by atoms with van der Waals surface area (Å²) < 4.78 is 0. The number of Topliss-reactive ketones (excluding diaryl/α,β-unsaturated/α-hetero) is 1. The van der Waals surface area contributed by atoms with E-state index in [1.54, 1.807) is 24.4 Å². The predicted molar refractivity (Wildman–Crippen MR) is 117 cm³/mol. The minimum Gasteiger partial charge on any atom is -0.329 e. The van der Waals surface area contributed by atoms with Crippen molar-refractivity contribution in [2.24, 2.45) is 0 Å². The third-order valence-corrected chi connectivity index (χ3v) is 5.88. The fraction of sp³-hybridized carbons (Fsp3) is 0.0952. The van der Waals surface area contributed by atoms with E-state index in [9.17, 15) is 4.79 Å². The van der Waals surface area contributed by atoms with Crippen molar-refractivity contribution in [1.82, 2.24) is 19.9 Å². The van der Waals surface area contributed by atoms with Gasteiger partial charge >= 0.3 is 0 Å². The molecule has 1 N–H and O–H groups in total. The molecule has 4 aromatic rings. The fourth-order valence-corrected chi connectivity index (χ4v) is 4.45. The Labute approximate surface area is 186 Å². The summed E-state index contributed by atoms with van der Waals surface area (Å²) in [7, 11) is 0. The van der Waals surface area contributed by atoms with Gasteiger partial charge in [0.05, 0.1) is 21.8 Å².